The fourth-order valence-corrected chi connectivity index (χ4v) is 2.88. The van der Waals surface area contributed by atoms with E-state index in [4.69, 9.17) is 26.4 Å². The zero-order chi connectivity index (χ0) is 15.5. The maximum Gasteiger partial charge on any atom is 0.472 e. The van der Waals surface area contributed by atoms with Gasteiger partial charge in [0.05, 0.1) is 24.8 Å². The molecule has 20 heavy (non-hydrogen) atoms. The third-order valence-corrected chi connectivity index (χ3v) is 3.72. The van der Waals surface area contributed by atoms with Gasteiger partial charge in [0.15, 0.2) is 0 Å². The lowest BCUT2D eigenvalue weighted by molar-refractivity contribution is -0.0493. The van der Waals surface area contributed by atoms with Crippen LogP contribution in [0.1, 0.15) is 27.7 Å². The van der Waals surface area contributed by atoms with Gasteiger partial charge in [0, 0.05) is 0 Å². The molecule has 0 bridgehead atoms. The lowest BCUT2D eigenvalue weighted by Gasteiger charge is -2.23. The highest BCUT2D eigenvalue weighted by molar-refractivity contribution is 7.47. The van der Waals surface area contributed by atoms with Crippen molar-refractivity contribution in [3.05, 3.63) is 0 Å². The molecule has 5 atom stereocenters. The first-order chi connectivity index (χ1) is 9.12. The minimum Gasteiger partial charge on any atom is -0.376 e. The molecule has 0 aromatic heterocycles. The molecule has 6 nitrogen and oxygen atoms in total. The highest BCUT2D eigenvalue weighted by Gasteiger charge is 2.47. The lowest BCUT2D eigenvalue weighted by atomic mass is 9.94. The van der Waals surface area contributed by atoms with E-state index in [1.807, 2.05) is 0 Å². The summed E-state index contributed by atoms with van der Waals surface area (Å²) in [6, 6.07) is -1.22. The monoisotopic (exact) mass is 310 g/mol. The van der Waals surface area contributed by atoms with Crippen molar-refractivity contribution in [3.63, 3.8) is 0 Å². The summed E-state index contributed by atoms with van der Waals surface area (Å²) >= 11 is 0. The molecule has 2 radical (unpaired) electrons. The van der Waals surface area contributed by atoms with E-state index in [2.05, 4.69) is 0 Å². The summed E-state index contributed by atoms with van der Waals surface area (Å²) in [4.78, 5) is 9.55. The highest BCUT2D eigenvalue weighted by Crippen LogP contribution is 2.48. The molecule has 0 spiro atoms. The van der Waals surface area contributed by atoms with Crippen molar-refractivity contribution < 1.29 is 32.4 Å². The van der Waals surface area contributed by atoms with E-state index in [9.17, 15) is 13.8 Å². The standard InChI is InChI=1S/C11H21BFO6P/c1-6(2)16-5-8-10(9(13)11(12)17-8)19-20(14,15)18-7(3)4/h6-11H,5H2,1-4H3,(H,14,15)/t8?,9-,10?,11+/m0/s1. The lowest BCUT2D eigenvalue weighted by Crippen LogP contribution is -2.35. The highest BCUT2D eigenvalue weighted by atomic mass is 31.2. The number of halogens is 1. The summed E-state index contributed by atoms with van der Waals surface area (Å²) in [6.07, 6.45) is -4.53. The van der Waals surface area contributed by atoms with Gasteiger partial charge in [-0.1, -0.05) is 0 Å². The van der Waals surface area contributed by atoms with Crippen molar-refractivity contribution >= 4 is 15.7 Å². The van der Waals surface area contributed by atoms with Gasteiger partial charge >= 0.3 is 7.82 Å². The van der Waals surface area contributed by atoms with Gasteiger partial charge in [0.2, 0.25) is 0 Å². The summed E-state index contributed by atoms with van der Waals surface area (Å²) in [5, 5.41) is 0. The fraction of sp³-hybridized carbons (Fsp3) is 1.00. The number of ether oxygens (including phenoxy) is 2. The molecular formula is C11H21BFO6P. The number of hydrogen-bond acceptors (Lipinski definition) is 5. The Labute approximate surface area is 119 Å². The van der Waals surface area contributed by atoms with Crippen LogP contribution in [0.3, 0.4) is 0 Å². The van der Waals surface area contributed by atoms with Crippen LogP contribution in [0.5, 0.6) is 0 Å². The molecular weight excluding hydrogens is 289 g/mol. The van der Waals surface area contributed by atoms with Crippen LogP contribution in [0.2, 0.25) is 0 Å². The zero-order valence-corrected chi connectivity index (χ0v) is 13.0. The summed E-state index contributed by atoms with van der Waals surface area (Å²) < 4.78 is 45.7. The van der Waals surface area contributed by atoms with Crippen LogP contribution in [-0.2, 0) is 23.1 Å². The second-order valence-corrected chi connectivity index (χ2v) is 6.52. The normalized spacial score (nSPS) is 33.8. The van der Waals surface area contributed by atoms with Crippen LogP contribution < -0.4 is 0 Å². The molecule has 0 aromatic rings. The van der Waals surface area contributed by atoms with Crippen LogP contribution in [0, 0.1) is 0 Å². The van der Waals surface area contributed by atoms with Crippen molar-refractivity contribution in [2.75, 3.05) is 6.61 Å². The Balaban J connectivity index is 2.69. The fourth-order valence-electron chi connectivity index (χ4n) is 1.74. The summed E-state index contributed by atoms with van der Waals surface area (Å²) in [6.45, 7) is 6.75. The first-order valence-corrected chi connectivity index (χ1v) is 7.98. The molecule has 1 saturated heterocycles. The van der Waals surface area contributed by atoms with Gasteiger partial charge in [0.25, 0.3) is 0 Å². The number of hydrogen-bond donors (Lipinski definition) is 1. The van der Waals surface area contributed by atoms with Crippen LogP contribution in [0.4, 0.5) is 4.39 Å². The van der Waals surface area contributed by atoms with Crippen LogP contribution in [0.25, 0.3) is 0 Å². The third-order valence-electron chi connectivity index (χ3n) is 2.52. The molecule has 116 valence electrons. The second kappa shape index (κ2) is 7.34. The Kier molecular flexibility index (Phi) is 6.63. The maximum absolute atomic E-state index is 13.9. The average Bonchev–Trinajstić information content (AvgIpc) is 2.52. The molecule has 1 N–H and O–H groups in total. The van der Waals surface area contributed by atoms with Gasteiger partial charge in [-0.15, -0.1) is 0 Å². The van der Waals surface area contributed by atoms with E-state index >= 15 is 0 Å². The van der Waals surface area contributed by atoms with Gasteiger partial charge in [-0.05, 0) is 27.7 Å². The van der Waals surface area contributed by atoms with Crippen LogP contribution >= 0.6 is 7.82 Å². The Morgan fingerprint density at radius 3 is 2.45 bits per heavy atom. The van der Waals surface area contributed by atoms with Crippen LogP contribution in [0.15, 0.2) is 0 Å². The minimum absolute atomic E-state index is 0.0120. The average molecular weight is 310 g/mol. The largest absolute Gasteiger partial charge is 0.472 e. The molecule has 1 rings (SSSR count). The Morgan fingerprint density at radius 1 is 1.35 bits per heavy atom. The molecule has 1 aliphatic rings. The van der Waals surface area contributed by atoms with Gasteiger partial charge < -0.3 is 14.4 Å². The Hall–Kier alpha value is 0.0249. The number of phosphoric acid groups is 1. The predicted molar refractivity (Wildman–Crippen MR) is 71.3 cm³/mol. The van der Waals surface area contributed by atoms with E-state index in [-0.39, 0.29) is 12.7 Å². The summed E-state index contributed by atoms with van der Waals surface area (Å²) in [5.41, 5.74) is 0. The molecule has 9 heteroatoms. The van der Waals surface area contributed by atoms with E-state index < -0.39 is 38.3 Å². The number of phosphoric ester groups is 1. The third kappa shape index (κ3) is 5.43. The zero-order valence-electron chi connectivity index (χ0n) is 12.1. The minimum atomic E-state index is -4.38. The molecule has 3 unspecified atom stereocenters. The van der Waals surface area contributed by atoms with Gasteiger partial charge in [-0.2, -0.15) is 0 Å². The second-order valence-electron chi connectivity index (χ2n) is 5.16. The van der Waals surface area contributed by atoms with Gasteiger partial charge in [0.1, 0.15) is 26.2 Å². The van der Waals surface area contributed by atoms with Crippen molar-refractivity contribution in [1.82, 2.24) is 0 Å². The topological polar surface area (TPSA) is 74.2 Å². The molecule has 0 aromatic carbocycles. The summed E-state index contributed by atoms with van der Waals surface area (Å²) in [7, 11) is 1.06. The van der Waals surface area contributed by atoms with Crippen molar-refractivity contribution in [2.24, 2.45) is 0 Å². The van der Waals surface area contributed by atoms with Crippen molar-refractivity contribution in [2.45, 2.75) is 64.3 Å². The number of rotatable bonds is 7. The number of alkyl halides is 1. The molecule has 1 aliphatic heterocycles. The molecule has 0 aliphatic carbocycles. The van der Waals surface area contributed by atoms with Crippen molar-refractivity contribution in [1.29, 1.82) is 0 Å². The molecule has 1 fully saturated rings. The molecule has 0 amide bonds. The first-order valence-electron chi connectivity index (χ1n) is 6.48. The first kappa shape index (κ1) is 18.1. The van der Waals surface area contributed by atoms with E-state index in [1.54, 1.807) is 27.7 Å². The quantitative estimate of drug-likeness (QED) is 0.568. The Morgan fingerprint density at radius 2 is 1.95 bits per heavy atom. The van der Waals surface area contributed by atoms with E-state index in [0.29, 0.717) is 0 Å². The predicted octanol–water partition coefficient (Wildman–Crippen LogP) is 1.55. The Bertz CT molecular complexity index is 356. The van der Waals surface area contributed by atoms with Crippen molar-refractivity contribution in [3.8, 4) is 0 Å². The molecule has 0 saturated carbocycles. The van der Waals surface area contributed by atoms with E-state index in [1.165, 1.54) is 0 Å². The SMILES string of the molecule is [B][C@@H]1OC(COC(C)C)C(OP(=O)(O)OC(C)C)[C@@H]1F. The summed E-state index contributed by atoms with van der Waals surface area (Å²) in [5.74, 6) is 0. The van der Waals surface area contributed by atoms with E-state index in [0.717, 1.165) is 0 Å². The van der Waals surface area contributed by atoms with Gasteiger partial charge in [-0.3, -0.25) is 9.05 Å². The van der Waals surface area contributed by atoms with Gasteiger partial charge in [-0.25, -0.2) is 8.96 Å². The molecule has 1 heterocycles. The van der Waals surface area contributed by atoms with Crippen LogP contribution in [-0.4, -0.2) is 55.9 Å². The smallest absolute Gasteiger partial charge is 0.376 e. The maximum atomic E-state index is 13.9.